The molecular weight excluding hydrogens is 339 g/mol. The van der Waals surface area contributed by atoms with Crippen LogP contribution in [0.15, 0.2) is 28.7 Å². The fourth-order valence-electron chi connectivity index (χ4n) is 2.85. The number of hydrogen-bond donors (Lipinski definition) is 1. The normalized spacial score (nSPS) is 14.6. The Labute approximate surface area is 139 Å². The van der Waals surface area contributed by atoms with Crippen LogP contribution in [0, 0.1) is 0 Å². The lowest BCUT2D eigenvalue weighted by atomic mass is 10.2. The SMILES string of the molecule is FC(F)(F)c1nc(N2CCCC2)c2oc3ccccc3c2n1.O=CO. The van der Waals surface area contributed by atoms with E-state index < -0.39 is 12.0 Å². The van der Waals surface area contributed by atoms with Crippen LogP contribution in [-0.2, 0) is 11.0 Å². The number of rotatable bonds is 1. The highest BCUT2D eigenvalue weighted by Crippen LogP contribution is 2.37. The van der Waals surface area contributed by atoms with Crippen LogP contribution >= 0.6 is 0 Å². The molecule has 4 rings (SSSR count). The van der Waals surface area contributed by atoms with Crippen LogP contribution < -0.4 is 4.90 Å². The van der Waals surface area contributed by atoms with Gasteiger partial charge in [-0.3, -0.25) is 4.79 Å². The molecule has 1 N–H and O–H groups in total. The van der Waals surface area contributed by atoms with Crippen molar-refractivity contribution in [3.63, 3.8) is 0 Å². The average molecular weight is 353 g/mol. The lowest BCUT2D eigenvalue weighted by Crippen LogP contribution is -2.22. The van der Waals surface area contributed by atoms with Gasteiger partial charge in [-0.2, -0.15) is 13.2 Å². The number of fused-ring (bicyclic) bond motifs is 3. The maximum Gasteiger partial charge on any atom is 0.451 e. The smallest absolute Gasteiger partial charge is 0.451 e. The molecule has 0 atom stereocenters. The van der Waals surface area contributed by atoms with Gasteiger partial charge >= 0.3 is 6.18 Å². The van der Waals surface area contributed by atoms with Gasteiger partial charge in [-0.25, -0.2) is 9.97 Å². The first-order valence-corrected chi connectivity index (χ1v) is 7.55. The molecule has 3 heterocycles. The Hall–Kier alpha value is -2.84. The first-order valence-electron chi connectivity index (χ1n) is 7.55. The molecule has 1 aromatic carbocycles. The number of furan rings is 1. The Morgan fingerprint density at radius 1 is 1.16 bits per heavy atom. The summed E-state index contributed by atoms with van der Waals surface area (Å²) in [7, 11) is 0. The molecule has 0 bridgehead atoms. The number of carbonyl (C=O) groups is 1. The minimum atomic E-state index is -4.58. The number of carboxylic acid groups (broad SMARTS) is 1. The van der Waals surface area contributed by atoms with E-state index in [9.17, 15) is 13.2 Å². The maximum absolute atomic E-state index is 13.1. The molecular formula is C16H14F3N3O3. The highest BCUT2D eigenvalue weighted by Gasteiger charge is 2.37. The molecule has 6 nitrogen and oxygen atoms in total. The summed E-state index contributed by atoms with van der Waals surface area (Å²) in [5.41, 5.74) is 1.07. The minimum Gasteiger partial charge on any atom is -0.483 e. The standard InChI is InChI=1S/C15H12F3N3O.CH2O2/c16-15(17,18)14-19-11-9-5-1-2-6-10(9)22-12(11)13(20-14)21-7-3-4-8-21;2-1-3/h1-2,5-6H,3-4,7-8H2;1H,(H,2,3). The number of alkyl halides is 3. The van der Waals surface area contributed by atoms with Crippen LogP contribution in [-0.4, -0.2) is 34.6 Å². The molecule has 1 saturated heterocycles. The van der Waals surface area contributed by atoms with Gasteiger partial charge in [-0.15, -0.1) is 0 Å². The van der Waals surface area contributed by atoms with Crippen LogP contribution in [0.2, 0.25) is 0 Å². The molecule has 0 aliphatic carbocycles. The van der Waals surface area contributed by atoms with E-state index in [0.717, 1.165) is 12.8 Å². The summed E-state index contributed by atoms with van der Waals surface area (Å²) in [5.74, 6) is -0.875. The second kappa shape index (κ2) is 6.58. The van der Waals surface area contributed by atoms with E-state index in [1.54, 1.807) is 24.3 Å². The molecule has 2 aromatic heterocycles. The molecule has 1 aliphatic heterocycles. The lowest BCUT2D eigenvalue weighted by Gasteiger charge is -2.17. The van der Waals surface area contributed by atoms with E-state index in [0.29, 0.717) is 29.6 Å². The van der Waals surface area contributed by atoms with Gasteiger partial charge in [0.15, 0.2) is 11.4 Å². The van der Waals surface area contributed by atoms with Crippen molar-refractivity contribution in [2.24, 2.45) is 0 Å². The first-order chi connectivity index (χ1) is 12.0. The van der Waals surface area contributed by atoms with Crippen molar-refractivity contribution in [3.05, 3.63) is 30.1 Å². The van der Waals surface area contributed by atoms with Gasteiger partial charge in [-0.05, 0) is 25.0 Å². The number of benzene rings is 1. The van der Waals surface area contributed by atoms with E-state index in [1.165, 1.54) is 0 Å². The van der Waals surface area contributed by atoms with Crippen molar-refractivity contribution in [1.82, 2.24) is 9.97 Å². The number of halogens is 3. The monoisotopic (exact) mass is 353 g/mol. The Kier molecular flexibility index (Phi) is 4.47. The second-order valence-electron chi connectivity index (χ2n) is 5.44. The minimum absolute atomic E-state index is 0.222. The van der Waals surface area contributed by atoms with Crippen molar-refractivity contribution >= 4 is 34.4 Å². The predicted molar refractivity (Wildman–Crippen MR) is 84.5 cm³/mol. The zero-order chi connectivity index (χ0) is 18.0. The van der Waals surface area contributed by atoms with E-state index in [4.69, 9.17) is 14.3 Å². The van der Waals surface area contributed by atoms with Gasteiger partial charge in [0.25, 0.3) is 6.47 Å². The van der Waals surface area contributed by atoms with Crippen molar-refractivity contribution in [2.45, 2.75) is 19.0 Å². The number of aromatic nitrogens is 2. The van der Waals surface area contributed by atoms with Gasteiger partial charge in [-0.1, -0.05) is 12.1 Å². The van der Waals surface area contributed by atoms with Gasteiger partial charge in [0.2, 0.25) is 5.82 Å². The van der Waals surface area contributed by atoms with Gasteiger partial charge in [0.05, 0.1) is 0 Å². The molecule has 0 amide bonds. The largest absolute Gasteiger partial charge is 0.483 e. The quantitative estimate of drug-likeness (QED) is 0.672. The molecule has 25 heavy (non-hydrogen) atoms. The molecule has 0 unspecified atom stereocenters. The molecule has 132 valence electrons. The molecule has 1 fully saturated rings. The number of para-hydroxylation sites is 1. The first kappa shape index (κ1) is 17.0. The molecule has 1 aliphatic rings. The van der Waals surface area contributed by atoms with E-state index >= 15 is 0 Å². The van der Waals surface area contributed by atoms with E-state index in [-0.39, 0.29) is 17.8 Å². The molecule has 0 radical (unpaired) electrons. The number of hydrogen-bond acceptors (Lipinski definition) is 5. The number of anilines is 1. The number of nitrogens with zero attached hydrogens (tertiary/aromatic N) is 3. The third-order valence-corrected chi connectivity index (χ3v) is 3.86. The lowest BCUT2D eigenvalue weighted by molar-refractivity contribution is -0.144. The molecule has 0 spiro atoms. The van der Waals surface area contributed by atoms with Crippen LogP contribution in [0.4, 0.5) is 19.0 Å². The summed E-state index contributed by atoms with van der Waals surface area (Å²) in [6.45, 7) is 1.11. The maximum atomic E-state index is 13.1. The Morgan fingerprint density at radius 2 is 1.80 bits per heavy atom. The summed E-state index contributed by atoms with van der Waals surface area (Å²) >= 11 is 0. The van der Waals surface area contributed by atoms with Crippen molar-refractivity contribution < 1.29 is 27.5 Å². The highest BCUT2D eigenvalue weighted by molar-refractivity contribution is 6.05. The molecule has 0 saturated carbocycles. The van der Waals surface area contributed by atoms with Gasteiger partial charge in [0, 0.05) is 18.5 Å². The summed E-state index contributed by atoms with van der Waals surface area (Å²) in [6, 6.07) is 6.96. The Balaban J connectivity index is 0.000000569. The fourth-order valence-corrected chi connectivity index (χ4v) is 2.85. The Bertz CT molecular complexity index is 902. The third-order valence-electron chi connectivity index (χ3n) is 3.86. The summed E-state index contributed by atoms with van der Waals surface area (Å²) < 4.78 is 45.1. The van der Waals surface area contributed by atoms with E-state index in [2.05, 4.69) is 9.97 Å². The van der Waals surface area contributed by atoms with Gasteiger partial charge < -0.3 is 14.4 Å². The summed E-state index contributed by atoms with van der Waals surface area (Å²) in [6.07, 6.45) is -2.71. The zero-order valence-electron chi connectivity index (χ0n) is 13.0. The fraction of sp³-hybridized carbons (Fsp3) is 0.312. The second-order valence-corrected chi connectivity index (χ2v) is 5.44. The molecule has 3 aromatic rings. The molecule has 9 heteroatoms. The van der Waals surface area contributed by atoms with Crippen LogP contribution in [0.3, 0.4) is 0 Å². The van der Waals surface area contributed by atoms with Crippen LogP contribution in [0.25, 0.3) is 22.1 Å². The zero-order valence-corrected chi connectivity index (χ0v) is 13.0. The third kappa shape index (κ3) is 3.21. The van der Waals surface area contributed by atoms with Crippen LogP contribution in [0.5, 0.6) is 0 Å². The predicted octanol–water partition coefficient (Wildman–Crippen LogP) is 3.70. The highest BCUT2D eigenvalue weighted by atomic mass is 19.4. The van der Waals surface area contributed by atoms with Crippen molar-refractivity contribution in [3.8, 4) is 0 Å². The van der Waals surface area contributed by atoms with Crippen molar-refractivity contribution in [1.29, 1.82) is 0 Å². The summed E-state index contributed by atoms with van der Waals surface area (Å²) in [4.78, 5) is 17.7. The van der Waals surface area contributed by atoms with Crippen molar-refractivity contribution in [2.75, 3.05) is 18.0 Å². The van der Waals surface area contributed by atoms with E-state index in [1.807, 2.05) is 4.90 Å². The Morgan fingerprint density at radius 3 is 2.44 bits per heavy atom. The van der Waals surface area contributed by atoms with Crippen LogP contribution in [0.1, 0.15) is 18.7 Å². The summed E-state index contributed by atoms with van der Waals surface area (Å²) in [5, 5.41) is 7.46. The van der Waals surface area contributed by atoms with Gasteiger partial charge in [0.1, 0.15) is 11.1 Å². The average Bonchev–Trinajstić information content (AvgIpc) is 3.21. The topological polar surface area (TPSA) is 79.5 Å².